The molecule has 4 aromatic rings. The third-order valence-corrected chi connectivity index (χ3v) is 7.64. The van der Waals surface area contributed by atoms with E-state index in [-0.39, 0.29) is 35.2 Å². The predicted molar refractivity (Wildman–Crippen MR) is 150 cm³/mol. The lowest BCUT2D eigenvalue weighted by atomic mass is 10.0. The Morgan fingerprint density at radius 2 is 1.95 bits per heavy atom. The van der Waals surface area contributed by atoms with E-state index in [2.05, 4.69) is 14.7 Å². The number of hydrogen-bond donors (Lipinski definition) is 1. The van der Waals surface area contributed by atoms with Gasteiger partial charge in [0.05, 0.1) is 42.4 Å². The summed E-state index contributed by atoms with van der Waals surface area (Å²) in [5.74, 6) is -3.18. The van der Waals surface area contributed by atoms with Gasteiger partial charge in [0.1, 0.15) is 23.9 Å². The predicted octanol–water partition coefficient (Wildman–Crippen LogP) is 5.75. The summed E-state index contributed by atoms with van der Waals surface area (Å²) in [6.45, 7) is 9.35. The average Bonchev–Trinajstić information content (AvgIpc) is 3.31. The van der Waals surface area contributed by atoms with Crippen molar-refractivity contribution >= 4 is 28.3 Å². The number of fused-ring (bicyclic) bond motifs is 1. The van der Waals surface area contributed by atoms with Crippen molar-refractivity contribution in [1.82, 2.24) is 19.4 Å². The fourth-order valence-electron chi connectivity index (χ4n) is 5.18. The van der Waals surface area contributed by atoms with Crippen molar-refractivity contribution in [3.05, 3.63) is 100 Å². The maximum absolute atomic E-state index is 14.8. The number of ether oxygens (including phenoxy) is 2. The summed E-state index contributed by atoms with van der Waals surface area (Å²) in [6, 6.07) is 9.44. The van der Waals surface area contributed by atoms with Crippen LogP contribution in [0.2, 0.25) is 0 Å². The monoisotopic (exact) mass is 589 g/mol. The summed E-state index contributed by atoms with van der Waals surface area (Å²) in [5.41, 5.74) is 2.40. The molecule has 2 aromatic carbocycles. The van der Waals surface area contributed by atoms with Crippen molar-refractivity contribution in [2.75, 3.05) is 19.7 Å². The molecule has 9 nitrogen and oxygen atoms in total. The first-order valence-corrected chi connectivity index (χ1v) is 13.7. The number of rotatable bonds is 9. The molecule has 220 valence electrons. The largest absolute Gasteiger partial charge is 0.478 e. The molecule has 0 spiro atoms. The van der Waals surface area contributed by atoms with E-state index in [1.54, 1.807) is 12.1 Å². The molecule has 4 heterocycles. The third kappa shape index (κ3) is 5.95. The van der Waals surface area contributed by atoms with Crippen LogP contribution in [-0.4, -0.2) is 56.3 Å². The van der Waals surface area contributed by atoms with Crippen LogP contribution in [0.15, 0.2) is 48.5 Å². The number of carbonyl (C=O) groups is 1. The molecule has 1 fully saturated rings. The normalized spacial score (nSPS) is 16.9. The second-order valence-electron chi connectivity index (χ2n) is 10.4. The lowest BCUT2D eigenvalue weighted by Gasteiger charge is -2.29. The number of hydrogen-bond acceptors (Lipinski definition) is 6. The van der Waals surface area contributed by atoms with Gasteiger partial charge in [0.2, 0.25) is 0 Å². The molecule has 0 unspecified atom stereocenters. The molecule has 1 saturated heterocycles. The van der Waals surface area contributed by atoms with E-state index < -0.39 is 29.3 Å². The van der Waals surface area contributed by atoms with Crippen LogP contribution >= 0.6 is 0 Å². The highest BCUT2D eigenvalue weighted by atomic mass is 19.1. The van der Waals surface area contributed by atoms with Crippen LogP contribution in [0.5, 0.6) is 5.88 Å². The standard InChI is InChI=1S/C31H26F3N5O4/c1-35-21-4-2-20(23(32)13-21)17-43-30-25(34)14-24(33)29(37-30)18-6-9-38(10-7-18)16-28-36-26-5-3-19(31(40)41)12-27(26)39(28)15-22-8-11-42-22/h2-6,12-14,22H,7-11,15-17H2,(H,40,41)/t22-/m0/s1. The summed E-state index contributed by atoms with van der Waals surface area (Å²) in [7, 11) is 0. The van der Waals surface area contributed by atoms with Gasteiger partial charge in [0.25, 0.3) is 5.88 Å². The molecule has 0 bridgehead atoms. The Hall–Kier alpha value is -4.73. The minimum absolute atomic E-state index is 0.0320. The molecule has 1 N–H and O–H groups in total. The summed E-state index contributed by atoms with van der Waals surface area (Å²) < 4.78 is 56.6. The van der Waals surface area contributed by atoms with Crippen molar-refractivity contribution in [1.29, 1.82) is 0 Å². The Morgan fingerprint density at radius 3 is 2.63 bits per heavy atom. The Labute approximate surface area is 244 Å². The highest BCUT2D eigenvalue weighted by Gasteiger charge is 2.25. The van der Waals surface area contributed by atoms with E-state index in [1.165, 1.54) is 18.2 Å². The molecule has 0 radical (unpaired) electrons. The number of aromatic carboxylic acids is 1. The average molecular weight is 590 g/mol. The van der Waals surface area contributed by atoms with Gasteiger partial charge in [0, 0.05) is 31.3 Å². The fraction of sp³-hybridized carbons (Fsp3) is 0.290. The quantitative estimate of drug-likeness (QED) is 0.248. The van der Waals surface area contributed by atoms with Crippen LogP contribution in [0.1, 0.15) is 40.3 Å². The van der Waals surface area contributed by atoms with Gasteiger partial charge in [-0.2, -0.15) is 0 Å². The first-order chi connectivity index (χ1) is 20.8. The number of carboxylic acids is 1. The second-order valence-corrected chi connectivity index (χ2v) is 10.4. The molecule has 12 heteroatoms. The number of carboxylic acid groups (broad SMARTS) is 1. The first-order valence-electron chi connectivity index (χ1n) is 13.7. The Bertz CT molecular complexity index is 1790. The molecule has 1 atom stereocenters. The van der Waals surface area contributed by atoms with Gasteiger partial charge in [-0.3, -0.25) is 4.90 Å². The van der Waals surface area contributed by atoms with Gasteiger partial charge >= 0.3 is 5.97 Å². The van der Waals surface area contributed by atoms with E-state index in [0.717, 1.165) is 23.8 Å². The zero-order valence-corrected chi connectivity index (χ0v) is 22.9. The van der Waals surface area contributed by atoms with Crippen molar-refractivity contribution in [3.8, 4) is 5.88 Å². The van der Waals surface area contributed by atoms with Crippen LogP contribution in [0.25, 0.3) is 21.5 Å². The minimum atomic E-state index is -1.01. The van der Waals surface area contributed by atoms with E-state index in [4.69, 9.17) is 21.0 Å². The number of nitrogens with zero attached hydrogens (tertiary/aromatic N) is 5. The van der Waals surface area contributed by atoms with Gasteiger partial charge in [-0.1, -0.05) is 18.2 Å². The Balaban J connectivity index is 1.18. The third-order valence-electron chi connectivity index (χ3n) is 7.64. The second kappa shape index (κ2) is 11.9. The molecule has 0 aliphatic carbocycles. The SMILES string of the molecule is [C-]#[N+]c1ccc(COc2nc(C3=CCN(Cc4nc5ccc(C(=O)O)cc5n4C[C@@H]4CCO4)CC3)c(F)cc2F)c(F)c1. The Kier molecular flexibility index (Phi) is 7.84. The summed E-state index contributed by atoms with van der Waals surface area (Å²) in [6.07, 6.45) is 3.20. The van der Waals surface area contributed by atoms with E-state index >= 15 is 0 Å². The molecule has 2 aliphatic rings. The molecule has 2 aromatic heterocycles. The highest BCUT2D eigenvalue weighted by Crippen LogP contribution is 2.29. The van der Waals surface area contributed by atoms with E-state index in [9.17, 15) is 23.1 Å². The van der Waals surface area contributed by atoms with E-state index in [0.29, 0.717) is 56.4 Å². The maximum Gasteiger partial charge on any atom is 0.335 e. The minimum Gasteiger partial charge on any atom is -0.478 e. The van der Waals surface area contributed by atoms with Crippen LogP contribution in [0.3, 0.4) is 0 Å². The molecule has 0 amide bonds. The van der Waals surface area contributed by atoms with Crippen molar-refractivity contribution in [3.63, 3.8) is 0 Å². The number of halogens is 3. The van der Waals surface area contributed by atoms with Gasteiger partial charge in [-0.25, -0.2) is 32.8 Å². The number of aromatic nitrogens is 3. The maximum atomic E-state index is 14.8. The zero-order valence-electron chi connectivity index (χ0n) is 22.9. The van der Waals surface area contributed by atoms with Crippen molar-refractivity contribution in [2.45, 2.75) is 38.6 Å². The van der Waals surface area contributed by atoms with Crippen LogP contribution < -0.4 is 4.74 Å². The first kappa shape index (κ1) is 28.4. The lowest BCUT2D eigenvalue weighted by molar-refractivity contribution is -0.0591. The van der Waals surface area contributed by atoms with Gasteiger partial charge in [-0.05, 0) is 42.7 Å². The molecule has 43 heavy (non-hydrogen) atoms. The highest BCUT2D eigenvalue weighted by molar-refractivity contribution is 5.92. The van der Waals surface area contributed by atoms with Gasteiger partial charge in [-0.15, -0.1) is 0 Å². The topological polar surface area (TPSA) is 94.1 Å². The number of pyridine rings is 1. The molecular formula is C31H26F3N5O4. The summed E-state index contributed by atoms with van der Waals surface area (Å²) in [5, 5.41) is 9.47. The summed E-state index contributed by atoms with van der Waals surface area (Å²) >= 11 is 0. The molecular weight excluding hydrogens is 563 g/mol. The van der Waals surface area contributed by atoms with Gasteiger partial charge < -0.3 is 19.1 Å². The van der Waals surface area contributed by atoms with Crippen molar-refractivity contribution in [2.24, 2.45) is 0 Å². The number of benzene rings is 2. The summed E-state index contributed by atoms with van der Waals surface area (Å²) in [4.78, 5) is 25.7. The van der Waals surface area contributed by atoms with Gasteiger partial charge in [0.15, 0.2) is 17.3 Å². The molecule has 2 aliphatic heterocycles. The molecule has 0 saturated carbocycles. The molecule has 6 rings (SSSR count). The number of imidazole rings is 1. The van der Waals surface area contributed by atoms with Crippen LogP contribution in [0, 0.1) is 24.0 Å². The van der Waals surface area contributed by atoms with E-state index in [1.807, 2.05) is 10.6 Å². The van der Waals surface area contributed by atoms with Crippen molar-refractivity contribution < 1.29 is 32.5 Å². The smallest absolute Gasteiger partial charge is 0.335 e. The zero-order chi connectivity index (χ0) is 30.1. The van der Waals surface area contributed by atoms with Crippen LogP contribution in [0.4, 0.5) is 18.9 Å². The fourth-order valence-corrected chi connectivity index (χ4v) is 5.18. The Morgan fingerprint density at radius 1 is 1.12 bits per heavy atom. The van der Waals surface area contributed by atoms with Crippen LogP contribution in [-0.2, 0) is 24.4 Å². The lowest BCUT2D eigenvalue weighted by Crippen LogP contribution is -2.33.